The number of amides is 2. The molecule has 8 heteroatoms. The lowest BCUT2D eigenvalue weighted by Crippen LogP contribution is -2.33. The number of ether oxygens (including phenoxy) is 1. The van der Waals surface area contributed by atoms with Gasteiger partial charge in [0.1, 0.15) is 11.5 Å². The van der Waals surface area contributed by atoms with Gasteiger partial charge >= 0.3 is 0 Å². The summed E-state index contributed by atoms with van der Waals surface area (Å²) < 4.78 is 5.45. The first-order valence-electron chi connectivity index (χ1n) is 12.3. The molecule has 2 amide bonds. The number of benzene rings is 1. The molecule has 4 heterocycles. The third kappa shape index (κ3) is 4.68. The highest BCUT2D eigenvalue weighted by Gasteiger charge is 2.29. The standard InChI is InChI=1S/C27H28N4O3S/c32-26(29-19-8-9-19)23-14-18-10-12-31(22-6-2-1-4-20(22)25(18)35-23)27(33)21-5-3-7-24(30-21)28-15-17-11-13-34-16-17/h1-7,14,17,19H,8-13,15-16H2,(H,28,30)(H,29,32). The number of rotatable bonds is 6. The maximum Gasteiger partial charge on any atom is 0.276 e. The van der Waals surface area contributed by atoms with E-state index in [1.165, 1.54) is 11.3 Å². The number of carbonyl (C=O) groups excluding carboxylic acids is 2. The van der Waals surface area contributed by atoms with Gasteiger partial charge in [-0.25, -0.2) is 4.98 Å². The molecule has 1 atom stereocenters. The number of para-hydroxylation sites is 1. The van der Waals surface area contributed by atoms with Crippen LogP contribution in [-0.4, -0.2) is 49.1 Å². The Morgan fingerprint density at radius 2 is 2.00 bits per heavy atom. The molecule has 1 aromatic carbocycles. The number of nitrogens with one attached hydrogen (secondary N) is 2. The van der Waals surface area contributed by atoms with Crippen molar-refractivity contribution in [2.45, 2.75) is 31.7 Å². The normalized spacial score (nSPS) is 19.0. The van der Waals surface area contributed by atoms with Gasteiger partial charge in [0.05, 0.1) is 17.2 Å². The third-order valence-corrected chi connectivity index (χ3v) is 8.01. The van der Waals surface area contributed by atoms with Crippen LogP contribution in [0.1, 0.15) is 45.0 Å². The zero-order chi connectivity index (χ0) is 23.8. The molecular formula is C27H28N4O3S. The minimum absolute atomic E-state index is 0.00803. The molecule has 1 unspecified atom stereocenters. The zero-order valence-electron chi connectivity index (χ0n) is 19.5. The van der Waals surface area contributed by atoms with E-state index >= 15 is 0 Å². The summed E-state index contributed by atoms with van der Waals surface area (Å²) in [5.74, 6) is 1.07. The molecule has 2 aromatic heterocycles. The molecule has 0 bridgehead atoms. The molecule has 6 rings (SSSR count). The molecule has 0 spiro atoms. The van der Waals surface area contributed by atoms with Crippen molar-refractivity contribution in [1.82, 2.24) is 10.3 Å². The molecule has 0 radical (unpaired) electrons. The third-order valence-electron chi connectivity index (χ3n) is 6.80. The number of anilines is 2. The van der Waals surface area contributed by atoms with Crippen molar-refractivity contribution in [2.75, 3.05) is 36.5 Å². The van der Waals surface area contributed by atoms with E-state index in [2.05, 4.69) is 15.6 Å². The van der Waals surface area contributed by atoms with Gasteiger partial charge in [0.25, 0.3) is 11.8 Å². The van der Waals surface area contributed by atoms with Gasteiger partial charge in [-0.3, -0.25) is 9.59 Å². The number of hydrogen-bond donors (Lipinski definition) is 2. The lowest BCUT2D eigenvalue weighted by Gasteiger charge is -2.23. The Morgan fingerprint density at radius 3 is 2.83 bits per heavy atom. The van der Waals surface area contributed by atoms with Crippen molar-refractivity contribution in [3.63, 3.8) is 0 Å². The molecule has 3 aromatic rings. The molecular weight excluding hydrogens is 460 g/mol. The highest BCUT2D eigenvalue weighted by molar-refractivity contribution is 7.17. The number of aromatic nitrogens is 1. The second-order valence-corrected chi connectivity index (χ2v) is 10.5. The number of thiophene rings is 1. The van der Waals surface area contributed by atoms with Crippen LogP contribution in [0.5, 0.6) is 0 Å². The second kappa shape index (κ2) is 9.43. The number of carbonyl (C=O) groups is 2. The first-order chi connectivity index (χ1) is 17.2. The molecule has 1 aliphatic carbocycles. The lowest BCUT2D eigenvalue weighted by molar-refractivity contribution is 0.0952. The first kappa shape index (κ1) is 22.2. The Hall–Kier alpha value is -3.23. The number of nitrogens with zero attached hydrogens (tertiary/aromatic N) is 2. The summed E-state index contributed by atoms with van der Waals surface area (Å²) in [7, 11) is 0. The fraction of sp³-hybridized carbons (Fsp3) is 0.370. The predicted molar refractivity (Wildman–Crippen MR) is 137 cm³/mol. The van der Waals surface area contributed by atoms with Crippen LogP contribution in [0.2, 0.25) is 0 Å². The molecule has 1 saturated carbocycles. The topological polar surface area (TPSA) is 83.6 Å². The van der Waals surface area contributed by atoms with E-state index in [1.807, 2.05) is 47.4 Å². The van der Waals surface area contributed by atoms with Gasteiger partial charge in [0.15, 0.2) is 0 Å². The van der Waals surface area contributed by atoms with Crippen LogP contribution in [0.15, 0.2) is 48.5 Å². The maximum absolute atomic E-state index is 13.7. The van der Waals surface area contributed by atoms with E-state index in [0.29, 0.717) is 36.4 Å². The van der Waals surface area contributed by atoms with Gasteiger partial charge < -0.3 is 20.3 Å². The van der Waals surface area contributed by atoms with Gasteiger partial charge in [0.2, 0.25) is 0 Å². The average molecular weight is 489 g/mol. The fourth-order valence-corrected chi connectivity index (χ4v) is 5.83. The van der Waals surface area contributed by atoms with Gasteiger partial charge in [-0.15, -0.1) is 11.3 Å². The summed E-state index contributed by atoms with van der Waals surface area (Å²) in [5, 5.41) is 6.45. The van der Waals surface area contributed by atoms with Crippen LogP contribution in [0, 0.1) is 5.92 Å². The summed E-state index contributed by atoms with van der Waals surface area (Å²) >= 11 is 1.51. The van der Waals surface area contributed by atoms with Crippen LogP contribution >= 0.6 is 11.3 Å². The molecule has 2 N–H and O–H groups in total. The molecule has 7 nitrogen and oxygen atoms in total. The van der Waals surface area contributed by atoms with Crippen molar-refractivity contribution in [1.29, 1.82) is 0 Å². The van der Waals surface area contributed by atoms with Crippen molar-refractivity contribution < 1.29 is 14.3 Å². The molecule has 2 fully saturated rings. The van der Waals surface area contributed by atoms with Crippen molar-refractivity contribution >= 4 is 34.7 Å². The van der Waals surface area contributed by atoms with Gasteiger partial charge in [0, 0.05) is 42.1 Å². The Kier molecular flexibility index (Phi) is 6.00. The quantitative estimate of drug-likeness (QED) is 0.539. The summed E-state index contributed by atoms with van der Waals surface area (Å²) in [6, 6.07) is 15.8. The minimum Gasteiger partial charge on any atom is -0.381 e. The maximum atomic E-state index is 13.7. The Bertz CT molecular complexity index is 1260. The van der Waals surface area contributed by atoms with E-state index in [0.717, 1.165) is 65.6 Å². The summed E-state index contributed by atoms with van der Waals surface area (Å²) in [6.07, 6.45) is 3.86. The monoisotopic (exact) mass is 488 g/mol. The predicted octanol–water partition coefficient (Wildman–Crippen LogP) is 4.35. The number of pyridine rings is 1. The SMILES string of the molecule is O=C(NC1CC1)c1cc2c(s1)-c1ccccc1N(C(=O)c1cccc(NCC3CCOC3)n1)CC2. The Labute approximate surface area is 208 Å². The molecule has 35 heavy (non-hydrogen) atoms. The second-order valence-electron chi connectivity index (χ2n) is 9.46. The van der Waals surface area contributed by atoms with Crippen molar-refractivity contribution in [3.8, 4) is 10.4 Å². The molecule has 2 aliphatic heterocycles. The number of fused-ring (bicyclic) bond motifs is 3. The van der Waals surface area contributed by atoms with Gasteiger partial charge in [-0.2, -0.15) is 0 Å². The molecule has 1 saturated heterocycles. The Morgan fingerprint density at radius 1 is 1.11 bits per heavy atom. The van der Waals surface area contributed by atoms with Crippen molar-refractivity contribution in [2.24, 2.45) is 5.92 Å². The van der Waals surface area contributed by atoms with Crippen LogP contribution in [-0.2, 0) is 11.2 Å². The zero-order valence-corrected chi connectivity index (χ0v) is 20.3. The highest BCUT2D eigenvalue weighted by atomic mass is 32.1. The van der Waals surface area contributed by atoms with Gasteiger partial charge in [-0.1, -0.05) is 24.3 Å². The van der Waals surface area contributed by atoms with Gasteiger partial charge in [-0.05, 0) is 55.5 Å². The van der Waals surface area contributed by atoms with Crippen molar-refractivity contribution in [3.05, 3.63) is 64.7 Å². The smallest absolute Gasteiger partial charge is 0.276 e. The minimum atomic E-state index is -0.118. The van der Waals surface area contributed by atoms with Crippen LogP contribution in [0.25, 0.3) is 10.4 Å². The van der Waals surface area contributed by atoms with Crippen LogP contribution in [0.4, 0.5) is 11.5 Å². The first-order valence-corrected chi connectivity index (χ1v) is 13.1. The largest absolute Gasteiger partial charge is 0.381 e. The molecule has 3 aliphatic rings. The van der Waals surface area contributed by atoms with Crippen LogP contribution in [0.3, 0.4) is 0 Å². The summed E-state index contributed by atoms with van der Waals surface area (Å²) in [4.78, 5) is 34.6. The summed E-state index contributed by atoms with van der Waals surface area (Å²) in [6.45, 7) is 2.89. The van der Waals surface area contributed by atoms with E-state index < -0.39 is 0 Å². The lowest BCUT2D eigenvalue weighted by atomic mass is 10.1. The van der Waals surface area contributed by atoms with Crippen LogP contribution < -0.4 is 15.5 Å². The Balaban J connectivity index is 1.25. The average Bonchev–Trinajstić information content (AvgIpc) is 3.39. The van der Waals surface area contributed by atoms with E-state index in [-0.39, 0.29) is 11.8 Å². The fourth-order valence-electron chi connectivity index (χ4n) is 4.69. The van der Waals surface area contributed by atoms with E-state index in [1.54, 1.807) is 6.07 Å². The summed E-state index contributed by atoms with van der Waals surface area (Å²) in [5.41, 5.74) is 3.37. The van der Waals surface area contributed by atoms with E-state index in [4.69, 9.17) is 4.74 Å². The number of hydrogen-bond acceptors (Lipinski definition) is 6. The highest BCUT2D eigenvalue weighted by Crippen LogP contribution is 2.42. The molecule has 180 valence electrons. The van der Waals surface area contributed by atoms with E-state index in [9.17, 15) is 9.59 Å².